The molecule has 2 unspecified atom stereocenters. The zero-order valence-corrected chi connectivity index (χ0v) is 16.1. The van der Waals surface area contributed by atoms with Crippen molar-refractivity contribution in [3.05, 3.63) is 20.2 Å². The van der Waals surface area contributed by atoms with Gasteiger partial charge in [0.1, 0.15) is 10.2 Å². The third-order valence-corrected chi connectivity index (χ3v) is 4.13. The van der Waals surface area contributed by atoms with E-state index in [1.807, 2.05) is 0 Å². The molecule has 0 aliphatic carbocycles. The van der Waals surface area contributed by atoms with Crippen LogP contribution in [0.3, 0.4) is 0 Å². The Hall–Kier alpha value is -2.74. The van der Waals surface area contributed by atoms with Crippen molar-refractivity contribution in [3.63, 3.8) is 0 Å². The van der Waals surface area contributed by atoms with E-state index in [1.165, 1.54) is 0 Å². The molecule has 2 rings (SSSR count). The van der Waals surface area contributed by atoms with Gasteiger partial charge in [-0.2, -0.15) is 0 Å². The molecule has 4 N–H and O–H groups in total. The van der Waals surface area contributed by atoms with Crippen LogP contribution < -0.4 is 16.4 Å². The average molecular weight is 404 g/mol. The molecule has 0 spiro atoms. The summed E-state index contributed by atoms with van der Waals surface area (Å²) in [5, 5.41) is 30.2. The molecule has 0 amide bonds. The lowest BCUT2D eigenvalue weighted by atomic mass is 10.1. The number of nitrogens with one attached hydrogen (secondary N) is 2. The van der Waals surface area contributed by atoms with Crippen LogP contribution >= 0.6 is 0 Å². The minimum Gasteiger partial charge on any atom is -0.381 e. The number of guanidine groups is 2. The van der Waals surface area contributed by atoms with Gasteiger partial charge in [-0.15, -0.1) is 0 Å². The summed E-state index contributed by atoms with van der Waals surface area (Å²) in [4.78, 5) is 21.7. The van der Waals surface area contributed by atoms with Crippen molar-refractivity contribution in [1.29, 1.82) is 0 Å². The summed E-state index contributed by atoms with van der Waals surface area (Å²) in [7, 11) is 3.27. The van der Waals surface area contributed by atoms with Crippen molar-refractivity contribution in [1.82, 2.24) is 15.5 Å². The minimum absolute atomic E-state index is 0.0677. The molecular weight excluding hydrogens is 376 g/mol. The van der Waals surface area contributed by atoms with E-state index in [0.717, 1.165) is 26.1 Å². The van der Waals surface area contributed by atoms with Gasteiger partial charge in [0.2, 0.25) is 0 Å². The molecule has 2 fully saturated rings. The molecule has 0 bridgehead atoms. The van der Waals surface area contributed by atoms with Crippen LogP contribution in [0.2, 0.25) is 0 Å². The first-order valence-corrected chi connectivity index (χ1v) is 8.81. The molecule has 2 aliphatic heterocycles. The van der Waals surface area contributed by atoms with Crippen LogP contribution in [-0.2, 0) is 9.47 Å². The fourth-order valence-electron chi connectivity index (χ4n) is 2.61. The van der Waals surface area contributed by atoms with Crippen molar-refractivity contribution in [2.75, 3.05) is 53.6 Å². The molecule has 0 radical (unpaired) electrons. The second-order valence-electron chi connectivity index (χ2n) is 6.35. The third kappa shape index (κ3) is 9.82. The lowest BCUT2D eigenvalue weighted by molar-refractivity contribution is -0.485. The average Bonchev–Trinajstić information content (AvgIpc) is 3.32. The van der Waals surface area contributed by atoms with Gasteiger partial charge < -0.3 is 30.7 Å². The highest BCUT2D eigenvalue weighted by molar-refractivity contribution is 5.78. The SMILES string of the molecule is CN(CC1CCOC1)/C(N)=N/[N+](=O)[O-].CN/C(=N\[N+](=O)[O-])NCC1CCOC1. The fourth-order valence-corrected chi connectivity index (χ4v) is 2.61. The summed E-state index contributed by atoms with van der Waals surface area (Å²) in [6, 6.07) is 0. The zero-order chi connectivity index (χ0) is 20.9. The maximum atomic E-state index is 10.1. The molecule has 0 aromatic rings. The number of nitro groups is 2. The summed E-state index contributed by atoms with van der Waals surface area (Å²) in [5.41, 5.74) is 5.39. The van der Waals surface area contributed by atoms with Gasteiger partial charge >= 0.3 is 0 Å². The van der Waals surface area contributed by atoms with Gasteiger partial charge in [-0.3, -0.25) is 0 Å². The second kappa shape index (κ2) is 12.6. The summed E-state index contributed by atoms with van der Waals surface area (Å²) in [6.07, 6.45) is 1.96. The first-order valence-electron chi connectivity index (χ1n) is 8.81. The predicted octanol–water partition coefficient (Wildman–Crippen LogP) is -1.16. The Balaban J connectivity index is 0.000000280. The number of hydrazone groups is 2. The normalized spacial score (nSPS) is 22.2. The lowest BCUT2D eigenvalue weighted by Gasteiger charge is -2.18. The number of rotatable bonds is 6. The van der Waals surface area contributed by atoms with Crippen molar-refractivity contribution < 1.29 is 19.5 Å². The van der Waals surface area contributed by atoms with E-state index in [1.54, 1.807) is 19.0 Å². The molecule has 14 nitrogen and oxygen atoms in total. The van der Waals surface area contributed by atoms with Crippen molar-refractivity contribution in [2.24, 2.45) is 27.8 Å². The van der Waals surface area contributed by atoms with E-state index in [9.17, 15) is 20.2 Å². The molecule has 2 saturated heterocycles. The largest absolute Gasteiger partial charge is 0.381 e. The van der Waals surface area contributed by atoms with Gasteiger partial charge in [0.15, 0.2) is 10.1 Å². The summed E-state index contributed by atoms with van der Waals surface area (Å²) < 4.78 is 10.3. The first kappa shape index (κ1) is 23.3. The minimum atomic E-state index is -0.795. The standard InChI is InChI=1S/2C7H14N4O3/c1-10(7(8)9-11(12)13)4-6-2-3-14-5-6;1-8-7(10-11(12)13)9-4-6-2-3-14-5-6/h6H,2-5H2,1H3,(H2,8,9);6H,2-5H2,1H3,(H2,8,9,10). The Morgan fingerprint density at radius 1 is 1.14 bits per heavy atom. The van der Waals surface area contributed by atoms with Gasteiger partial charge in [0.25, 0.3) is 11.9 Å². The highest BCUT2D eigenvalue weighted by atomic mass is 16.7. The van der Waals surface area contributed by atoms with Crippen LogP contribution in [0.15, 0.2) is 10.2 Å². The van der Waals surface area contributed by atoms with E-state index in [4.69, 9.17) is 15.2 Å². The summed E-state index contributed by atoms with van der Waals surface area (Å²) in [5.74, 6) is 0.921. The van der Waals surface area contributed by atoms with E-state index in [-0.39, 0.29) is 11.9 Å². The highest BCUT2D eigenvalue weighted by Gasteiger charge is 2.19. The van der Waals surface area contributed by atoms with Crippen LogP contribution in [-0.4, -0.2) is 80.5 Å². The van der Waals surface area contributed by atoms with E-state index in [0.29, 0.717) is 38.1 Å². The third-order valence-electron chi connectivity index (χ3n) is 4.13. The molecule has 28 heavy (non-hydrogen) atoms. The van der Waals surface area contributed by atoms with Gasteiger partial charge in [0, 0.05) is 52.2 Å². The molecule has 0 aromatic heterocycles. The molecule has 0 saturated carbocycles. The number of hydrogen-bond acceptors (Lipinski definition) is 6. The Labute approximate surface area is 162 Å². The number of nitrogens with two attached hydrogens (primary N) is 1. The number of nitrogens with zero attached hydrogens (tertiary/aromatic N) is 5. The molecule has 2 aliphatic rings. The van der Waals surface area contributed by atoms with Gasteiger partial charge in [-0.1, -0.05) is 0 Å². The summed E-state index contributed by atoms with van der Waals surface area (Å²) >= 11 is 0. The van der Waals surface area contributed by atoms with Crippen LogP contribution in [0.25, 0.3) is 0 Å². The summed E-state index contributed by atoms with van der Waals surface area (Å²) in [6.45, 7) is 4.22. The molecule has 160 valence electrons. The number of ether oxygens (including phenoxy) is 2. The Morgan fingerprint density at radius 3 is 2.18 bits per heavy atom. The fraction of sp³-hybridized carbons (Fsp3) is 0.857. The molecular formula is C14H28N8O6. The zero-order valence-electron chi connectivity index (χ0n) is 16.1. The van der Waals surface area contributed by atoms with Crippen molar-refractivity contribution in [2.45, 2.75) is 12.8 Å². The van der Waals surface area contributed by atoms with Gasteiger partial charge in [-0.25, -0.2) is 20.2 Å². The maximum absolute atomic E-state index is 10.1. The number of hydrogen-bond donors (Lipinski definition) is 3. The van der Waals surface area contributed by atoms with Crippen LogP contribution in [0, 0.1) is 32.1 Å². The van der Waals surface area contributed by atoms with Crippen LogP contribution in [0.4, 0.5) is 0 Å². The van der Waals surface area contributed by atoms with Crippen LogP contribution in [0.1, 0.15) is 12.8 Å². The smallest absolute Gasteiger partial charge is 0.268 e. The Morgan fingerprint density at radius 2 is 1.71 bits per heavy atom. The van der Waals surface area contributed by atoms with Crippen molar-refractivity contribution in [3.8, 4) is 0 Å². The van der Waals surface area contributed by atoms with E-state index in [2.05, 4.69) is 20.8 Å². The highest BCUT2D eigenvalue weighted by Crippen LogP contribution is 2.13. The van der Waals surface area contributed by atoms with E-state index >= 15 is 0 Å². The lowest BCUT2D eigenvalue weighted by Crippen LogP contribution is -2.38. The maximum Gasteiger partial charge on any atom is 0.268 e. The second-order valence-corrected chi connectivity index (χ2v) is 6.35. The first-order chi connectivity index (χ1) is 13.3. The molecule has 2 heterocycles. The van der Waals surface area contributed by atoms with Crippen LogP contribution in [0.5, 0.6) is 0 Å². The molecule has 2 atom stereocenters. The molecule has 14 heteroatoms. The predicted molar refractivity (Wildman–Crippen MR) is 101 cm³/mol. The molecule has 0 aromatic carbocycles. The monoisotopic (exact) mass is 404 g/mol. The Kier molecular flexibility index (Phi) is 10.5. The quantitative estimate of drug-likeness (QED) is 0.211. The van der Waals surface area contributed by atoms with Crippen molar-refractivity contribution >= 4 is 11.9 Å². The van der Waals surface area contributed by atoms with E-state index < -0.39 is 10.1 Å². The van der Waals surface area contributed by atoms with Gasteiger partial charge in [-0.05, 0) is 12.8 Å². The van der Waals surface area contributed by atoms with Gasteiger partial charge in [0.05, 0.1) is 13.2 Å². The Bertz CT molecular complexity index is 542. The topological polar surface area (TPSA) is 183 Å².